The van der Waals surface area contributed by atoms with Crippen molar-refractivity contribution >= 4 is 17.7 Å². The van der Waals surface area contributed by atoms with Crippen LogP contribution in [-0.2, 0) is 9.59 Å². The lowest BCUT2D eigenvalue weighted by Gasteiger charge is -2.27. The smallest absolute Gasteiger partial charge is 0.326 e. The van der Waals surface area contributed by atoms with Gasteiger partial charge in [-0.25, -0.2) is 13.6 Å². The van der Waals surface area contributed by atoms with E-state index in [1.165, 1.54) is 0 Å². The van der Waals surface area contributed by atoms with Crippen molar-refractivity contribution in [2.45, 2.75) is 31.7 Å². The molecular weight excluding hydrogens is 296 g/mol. The molecule has 22 heavy (non-hydrogen) atoms. The first-order chi connectivity index (χ1) is 10.4. The zero-order chi connectivity index (χ0) is 16.3. The third kappa shape index (κ3) is 3.66. The normalized spacial score (nSPS) is 19.5. The Morgan fingerprint density at radius 3 is 2.59 bits per heavy atom. The Hall–Kier alpha value is -2.31. The topological polar surface area (TPSA) is 83.5 Å². The maximum absolute atomic E-state index is 13.1. The van der Waals surface area contributed by atoms with Gasteiger partial charge in [0.1, 0.15) is 11.8 Å². The highest BCUT2D eigenvalue weighted by molar-refractivity contribution is 5.96. The molecular formula is C15H15F2NO4. The van der Waals surface area contributed by atoms with Crippen LogP contribution in [0.15, 0.2) is 18.2 Å². The average molecular weight is 311 g/mol. The van der Waals surface area contributed by atoms with E-state index in [1.807, 2.05) is 0 Å². The minimum absolute atomic E-state index is 0.0374. The van der Waals surface area contributed by atoms with Gasteiger partial charge in [-0.2, -0.15) is 0 Å². The van der Waals surface area contributed by atoms with Crippen LogP contribution in [0.2, 0.25) is 0 Å². The maximum atomic E-state index is 13.1. The summed E-state index contributed by atoms with van der Waals surface area (Å²) in [6.45, 7) is 0. The molecule has 1 aliphatic rings. The van der Waals surface area contributed by atoms with Crippen LogP contribution in [0.3, 0.4) is 0 Å². The lowest BCUT2D eigenvalue weighted by Crippen LogP contribution is -2.47. The first-order valence-corrected chi connectivity index (χ1v) is 6.89. The largest absolute Gasteiger partial charge is 0.480 e. The van der Waals surface area contributed by atoms with Crippen molar-refractivity contribution in [1.82, 2.24) is 5.32 Å². The van der Waals surface area contributed by atoms with Crippen molar-refractivity contribution in [3.63, 3.8) is 0 Å². The molecule has 0 unspecified atom stereocenters. The van der Waals surface area contributed by atoms with Crippen LogP contribution in [-0.4, -0.2) is 28.8 Å². The SMILES string of the molecule is O=C1CCC[C@@H]([C@@H](NC(=O)c2ccc(F)c(F)c2)C(=O)O)C1. The third-order valence-electron chi connectivity index (χ3n) is 3.73. The molecule has 0 bridgehead atoms. The molecule has 0 aromatic heterocycles. The lowest BCUT2D eigenvalue weighted by molar-refractivity contribution is -0.141. The summed E-state index contributed by atoms with van der Waals surface area (Å²) in [5, 5.41) is 11.5. The fourth-order valence-electron chi connectivity index (χ4n) is 2.59. The summed E-state index contributed by atoms with van der Waals surface area (Å²) in [7, 11) is 0. The van der Waals surface area contributed by atoms with E-state index in [-0.39, 0.29) is 17.8 Å². The van der Waals surface area contributed by atoms with Gasteiger partial charge in [0.2, 0.25) is 0 Å². The number of rotatable bonds is 4. The van der Waals surface area contributed by atoms with Crippen LogP contribution in [0.5, 0.6) is 0 Å². The van der Waals surface area contributed by atoms with Crippen molar-refractivity contribution in [2.75, 3.05) is 0 Å². The zero-order valence-electron chi connectivity index (χ0n) is 11.6. The third-order valence-corrected chi connectivity index (χ3v) is 3.73. The van der Waals surface area contributed by atoms with Crippen LogP contribution in [0.25, 0.3) is 0 Å². The molecule has 2 N–H and O–H groups in total. The van der Waals surface area contributed by atoms with Crippen LogP contribution in [0.1, 0.15) is 36.0 Å². The molecule has 2 rings (SSSR count). The number of carboxylic acid groups (broad SMARTS) is 1. The van der Waals surface area contributed by atoms with E-state index in [1.54, 1.807) is 0 Å². The number of halogens is 2. The first kappa shape index (κ1) is 16.1. The van der Waals surface area contributed by atoms with Gasteiger partial charge in [0.15, 0.2) is 11.6 Å². The van der Waals surface area contributed by atoms with E-state index in [0.29, 0.717) is 25.3 Å². The van der Waals surface area contributed by atoms with Crippen molar-refractivity contribution < 1.29 is 28.3 Å². The number of hydrogen-bond donors (Lipinski definition) is 2. The fraction of sp³-hybridized carbons (Fsp3) is 0.400. The highest BCUT2D eigenvalue weighted by Gasteiger charge is 2.33. The lowest BCUT2D eigenvalue weighted by atomic mass is 9.83. The quantitative estimate of drug-likeness (QED) is 0.889. The molecule has 0 radical (unpaired) electrons. The predicted octanol–water partition coefficient (Wildman–Crippen LogP) is 1.91. The Morgan fingerprint density at radius 1 is 1.27 bits per heavy atom. The van der Waals surface area contributed by atoms with Gasteiger partial charge < -0.3 is 10.4 Å². The second-order valence-electron chi connectivity index (χ2n) is 5.31. The van der Waals surface area contributed by atoms with E-state index >= 15 is 0 Å². The second kappa shape index (κ2) is 6.64. The van der Waals surface area contributed by atoms with Gasteiger partial charge in [0.25, 0.3) is 5.91 Å². The number of nitrogens with one attached hydrogen (secondary N) is 1. The summed E-state index contributed by atoms with van der Waals surface area (Å²) in [5.41, 5.74) is -0.174. The number of ketones is 1. The predicted molar refractivity (Wildman–Crippen MR) is 72.2 cm³/mol. The molecule has 1 amide bonds. The summed E-state index contributed by atoms with van der Waals surface area (Å²) in [6.07, 6.45) is 1.60. The Balaban J connectivity index is 2.13. The van der Waals surface area contributed by atoms with E-state index in [9.17, 15) is 28.3 Å². The minimum atomic E-state index is -1.25. The van der Waals surface area contributed by atoms with Gasteiger partial charge in [-0.05, 0) is 37.0 Å². The molecule has 1 aliphatic carbocycles. The van der Waals surface area contributed by atoms with Crippen LogP contribution < -0.4 is 5.32 Å². The van der Waals surface area contributed by atoms with Crippen LogP contribution in [0, 0.1) is 17.6 Å². The van der Waals surface area contributed by atoms with Crippen molar-refractivity contribution in [1.29, 1.82) is 0 Å². The highest BCUT2D eigenvalue weighted by atomic mass is 19.2. The van der Waals surface area contributed by atoms with Crippen LogP contribution in [0.4, 0.5) is 8.78 Å². The number of carbonyl (C=O) groups excluding carboxylic acids is 2. The molecule has 1 fully saturated rings. The Labute approximate surface area is 125 Å². The summed E-state index contributed by atoms with van der Waals surface area (Å²) in [6, 6.07) is 1.34. The number of Topliss-reactive ketones (excluding diaryl/α,β-unsaturated/α-hetero) is 1. The van der Waals surface area contributed by atoms with Gasteiger partial charge in [-0.15, -0.1) is 0 Å². The number of carbonyl (C=O) groups is 3. The van der Waals surface area contributed by atoms with Gasteiger partial charge in [-0.1, -0.05) is 0 Å². The molecule has 1 aromatic carbocycles. The molecule has 0 spiro atoms. The molecule has 2 atom stereocenters. The Bertz CT molecular complexity index is 618. The molecule has 5 nitrogen and oxygen atoms in total. The minimum Gasteiger partial charge on any atom is -0.480 e. The fourth-order valence-corrected chi connectivity index (χ4v) is 2.59. The number of hydrogen-bond acceptors (Lipinski definition) is 3. The summed E-state index contributed by atoms with van der Waals surface area (Å²) in [5.74, 6) is -4.88. The Morgan fingerprint density at radius 2 is 2.00 bits per heavy atom. The molecule has 1 saturated carbocycles. The molecule has 0 saturated heterocycles. The summed E-state index contributed by atoms with van der Waals surface area (Å²) >= 11 is 0. The first-order valence-electron chi connectivity index (χ1n) is 6.89. The molecule has 118 valence electrons. The molecule has 0 aliphatic heterocycles. The standard InChI is InChI=1S/C15H15F2NO4/c16-11-5-4-9(7-12(11)17)14(20)18-13(15(21)22)8-2-1-3-10(19)6-8/h4-5,7-8,13H,1-3,6H2,(H,18,20)(H,21,22)/t8-,13-/m1/s1. The van der Waals surface area contributed by atoms with E-state index in [4.69, 9.17) is 0 Å². The maximum Gasteiger partial charge on any atom is 0.326 e. The zero-order valence-corrected chi connectivity index (χ0v) is 11.6. The van der Waals surface area contributed by atoms with E-state index in [0.717, 1.165) is 12.1 Å². The van der Waals surface area contributed by atoms with Crippen LogP contribution >= 0.6 is 0 Å². The monoisotopic (exact) mass is 311 g/mol. The number of benzene rings is 1. The van der Waals surface area contributed by atoms with E-state index < -0.39 is 35.5 Å². The molecule has 1 aromatic rings. The van der Waals surface area contributed by atoms with Gasteiger partial charge in [-0.3, -0.25) is 9.59 Å². The van der Waals surface area contributed by atoms with Gasteiger partial charge in [0, 0.05) is 18.4 Å². The summed E-state index contributed by atoms with van der Waals surface area (Å²) in [4.78, 5) is 34.8. The highest BCUT2D eigenvalue weighted by Crippen LogP contribution is 2.25. The van der Waals surface area contributed by atoms with E-state index in [2.05, 4.69) is 5.32 Å². The number of amides is 1. The van der Waals surface area contributed by atoms with Crippen molar-refractivity contribution in [3.05, 3.63) is 35.4 Å². The second-order valence-corrected chi connectivity index (χ2v) is 5.31. The number of carboxylic acids is 1. The summed E-state index contributed by atoms with van der Waals surface area (Å²) < 4.78 is 26.0. The molecule has 0 heterocycles. The number of aliphatic carboxylic acids is 1. The Kier molecular flexibility index (Phi) is 4.85. The van der Waals surface area contributed by atoms with Crippen molar-refractivity contribution in [2.24, 2.45) is 5.92 Å². The molecule has 7 heteroatoms. The van der Waals surface area contributed by atoms with Crippen molar-refractivity contribution in [3.8, 4) is 0 Å². The van der Waals surface area contributed by atoms with Gasteiger partial charge >= 0.3 is 5.97 Å². The van der Waals surface area contributed by atoms with Gasteiger partial charge in [0.05, 0.1) is 0 Å². The average Bonchev–Trinajstić information content (AvgIpc) is 2.47.